The normalized spacial score (nSPS) is 13.9. The first-order chi connectivity index (χ1) is 38.7. The standard InChI is InChI=1S/C65H114O15/c1-7-13-16-19-28-37-46-59(80-62(71)12-6)56(68)43-34-26-23-31-40-49-64(73)76-52-53(77-65(74)50-41-32-24-27-35-44-55(67)57(78-60(69)10-4)45-36-25-17-14-8-2)51-75-63(72)48-39-30-22-20-21-29-38-47-58(79-61(70)11-5)54(66)42-33-18-15-9-3/h10-12,53-59,66-68H,4-9,13-52H2,1-3H3. The third-order valence-corrected chi connectivity index (χ3v) is 14.7. The van der Waals surface area contributed by atoms with Crippen LogP contribution in [0.3, 0.4) is 0 Å². The van der Waals surface area contributed by atoms with Gasteiger partial charge in [0.1, 0.15) is 31.5 Å². The number of hydrogen-bond acceptors (Lipinski definition) is 15. The maximum Gasteiger partial charge on any atom is 0.330 e. The molecule has 0 aliphatic heterocycles. The number of unbranched alkanes of at least 4 members (excludes halogenated alkanes) is 26. The summed E-state index contributed by atoms with van der Waals surface area (Å²) in [4.78, 5) is 74.5. The summed E-state index contributed by atoms with van der Waals surface area (Å²) >= 11 is 0. The van der Waals surface area contributed by atoms with Gasteiger partial charge in [-0.05, 0) is 77.0 Å². The van der Waals surface area contributed by atoms with Crippen LogP contribution >= 0.6 is 0 Å². The molecule has 0 aromatic heterocycles. The molecule has 15 heteroatoms. The van der Waals surface area contributed by atoms with Crippen LogP contribution in [-0.2, 0) is 57.2 Å². The molecular formula is C65H114O15. The van der Waals surface area contributed by atoms with Gasteiger partial charge in [-0.15, -0.1) is 0 Å². The Kier molecular flexibility index (Phi) is 51.4. The van der Waals surface area contributed by atoms with Crippen LogP contribution in [0.5, 0.6) is 0 Å². The second-order valence-corrected chi connectivity index (χ2v) is 22.0. The first-order valence-corrected chi connectivity index (χ1v) is 31.8. The Bertz CT molecular complexity index is 1600. The van der Waals surface area contributed by atoms with Crippen LogP contribution in [0.15, 0.2) is 38.0 Å². The van der Waals surface area contributed by atoms with Crippen LogP contribution in [0, 0.1) is 0 Å². The number of aliphatic hydroxyl groups is 3. The van der Waals surface area contributed by atoms with E-state index in [4.69, 9.17) is 28.4 Å². The van der Waals surface area contributed by atoms with Crippen LogP contribution in [0.1, 0.15) is 284 Å². The van der Waals surface area contributed by atoms with E-state index in [0.717, 1.165) is 185 Å². The van der Waals surface area contributed by atoms with Crippen LogP contribution in [0.2, 0.25) is 0 Å². The van der Waals surface area contributed by atoms with Crippen molar-refractivity contribution < 1.29 is 72.5 Å². The van der Waals surface area contributed by atoms with Crippen LogP contribution in [0.25, 0.3) is 0 Å². The number of hydrogen-bond donors (Lipinski definition) is 3. The van der Waals surface area contributed by atoms with Gasteiger partial charge in [0.15, 0.2) is 6.10 Å². The largest absolute Gasteiger partial charge is 0.462 e. The van der Waals surface area contributed by atoms with Crippen molar-refractivity contribution in [3.63, 3.8) is 0 Å². The lowest BCUT2D eigenvalue weighted by atomic mass is 9.99. The maximum atomic E-state index is 13.0. The first-order valence-electron chi connectivity index (χ1n) is 31.8. The second-order valence-electron chi connectivity index (χ2n) is 22.0. The van der Waals surface area contributed by atoms with Crippen LogP contribution in [0.4, 0.5) is 0 Å². The van der Waals surface area contributed by atoms with E-state index in [9.17, 15) is 44.1 Å². The zero-order valence-electron chi connectivity index (χ0n) is 50.5. The quantitative estimate of drug-likeness (QED) is 0.0223. The van der Waals surface area contributed by atoms with Crippen molar-refractivity contribution in [1.82, 2.24) is 0 Å². The van der Waals surface area contributed by atoms with Crippen molar-refractivity contribution in [2.24, 2.45) is 0 Å². The Hall–Kier alpha value is -4.08. The zero-order chi connectivity index (χ0) is 59.3. The van der Waals surface area contributed by atoms with Gasteiger partial charge in [-0.1, -0.05) is 207 Å². The van der Waals surface area contributed by atoms with Gasteiger partial charge in [-0.3, -0.25) is 14.4 Å². The fraction of sp³-hybridized carbons (Fsp3) is 0.815. The Morgan fingerprint density at radius 2 is 0.562 bits per heavy atom. The molecule has 0 saturated heterocycles. The molecule has 0 rings (SSSR count). The predicted octanol–water partition coefficient (Wildman–Crippen LogP) is 14.4. The molecule has 0 radical (unpaired) electrons. The second kappa shape index (κ2) is 54.2. The number of carbonyl (C=O) groups excluding carboxylic acids is 6. The number of aliphatic hydroxyl groups excluding tert-OH is 3. The van der Waals surface area contributed by atoms with Crippen molar-refractivity contribution in [2.75, 3.05) is 13.2 Å². The van der Waals surface area contributed by atoms with E-state index < -0.39 is 78.5 Å². The molecular weight excluding hydrogens is 1020 g/mol. The molecule has 464 valence electrons. The van der Waals surface area contributed by atoms with E-state index in [2.05, 4.69) is 40.5 Å². The molecule has 0 saturated carbocycles. The van der Waals surface area contributed by atoms with Crippen molar-refractivity contribution in [3.05, 3.63) is 38.0 Å². The van der Waals surface area contributed by atoms with Gasteiger partial charge in [0.25, 0.3) is 0 Å². The fourth-order valence-corrected chi connectivity index (χ4v) is 9.68. The topological polar surface area (TPSA) is 218 Å². The predicted molar refractivity (Wildman–Crippen MR) is 316 cm³/mol. The fourth-order valence-electron chi connectivity index (χ4n) is 9.68. The Morgan fingerprint density at radius 1 is 0.325 bits per heavy atom. The van der Waals surface area contributed by atoms with Crippen LogP contribution in [-0.4, -0.2) is 107 Å². The highest BCUT2D eigenvalue weighted by atomic mass is 16.6. The molecule has 0 fully saturated rings. The highest BCUT2D eigenvalue weighted by Gasteiger charge is 2.25. The smallest absolute Gasteiger partial charge is 0.330 e. The molecule has 0 aliphatic rings. The first kappa shape index (κ1) is 75.9. The molecule has 80 heavy (non-hydrogen) atoms. The van der Waals surface area contributed by atoms with E-state index in [0.29, 0.717) is 57.8 Å². The third-order valence-electron chi connectivity index (χ3n) is 14.7. The average Bonchev–Trinajstić information content (AvgIpc) is 3.45. The van der Waals surface area contributed by atoms with Crippen molar-refractivity contribution in [1.29, 1.82) is 0 Å². The van der Waals surface area contributed by atoms with Crippen LogP contribution < -0.4 is 0 Å². The van der Waals surface area contributed by atoms with E-state index in [1.54, 1.807) is 0 Å². The molecule has 0 bridgehead atoms. The molecule has 0 amide bonds. The molecule has 0 spiro atoms. The number of carbonyl (C=O) groups is 6. The summed E-state index contributed by atoms with van der Waals surface area (Å²) in [6, 6.07) is 0. The lowest BCUT2D eigenvalue weighted by Gasteiger charge is -2.23. The van der Waals surface area contributed by atoms with Crippen molar-refractivity contribution >= 4 is 35.8 Å². The minimum Gasteiger partial charge on any atom is -0.462 e. The summed E-state index contributed by atoms with van der Waals surface area (Å²) in [6.07, 6.45) is 32.2. The van der Waals surface area contributed by atoms with Gasteiger partial charge in [0.2, 0.25) is 0 Å². The van der Waals surface area contributed by atoms with Crippen molar-refractivity contribution in [2.45, 2.75) is 327 Å². The zero-order valence-corrected chi connectivity index (χ0v) is 50.5. The van der Waals surface area contributed by atoms with E-state index in [-0.39, 0.29) is 32.5 Å². The van der Waals surface area contributed by atoms with E-state index in [1.807, 2.05) is 0 Å². The molecule has 0 aromatic carbocycles. The molecule has 7 unspecified atom stereocenters. The molecule has 0 aliphatic carbocycles. The highest BCUT2D eigenvalue weighted by molar-refractivity contribution is 5.82. The van der Waals surface area contributed by atoms with E-state index in [1.165, 1.54) is 19.3 Å². The third kappa shape index (κ3) is 45.5. The summed E-state index contributed by atoms with van der Waals surface area (Å²) in [7, 11) is 0. The van der Waals surface area contributed by atoms with E-state index >= 15 is 0 Å². The van der Waals surface area contributed by atoms with Gasteiger partial charge in [-0.25, -0.2) is 14.4 Å². The SMILES string of the molecule is C=CC(=O)OC(CCCCCCCCCC(=O)OCC(COC(=O)CCCCCCCC(O)C(CCCCCCCC)OC(=O)C=C)OC(=O)CCCCCCCC(O)C(CCCCCCC)OC(=O)C=C)C(O)CCCCCC. The van der Waals surface area contributed by atoms with Gasteiger partial charge in [-0.2, -0.15) is 0 Å². The number of ether oxygens (including phenoxy) is 6. The lowest BCUT2D eigenvalue weighted by molar-refractivity contribution is -0.167. The van der Waals surface area contributed by atoms with Gasteiger partial charge in [0.05, 0.1) is 18.3 Å². The number of rotatable bonds is 58. The molecule has 0 heterocycles. The molecule has 3 N–H and O–H groups in total. The van der Waals surface area contributed by atoms with Crippen molar-refractivity contribution in [3.8, 4) is 0 Å². The maximum absolute atomic E-state index is 13.0. The molecule has 0 aromatic rings. The minimum absolute atomic E-state index is 0.139. The monoisotopic (exact) mass is 1130 g/mol. The average molecular weight is 1140 g/mol. The summed E-state index contributed by atoms with van der Waals surface area (Å²) in [5, 5.41) is 32.4. The Labute approximate surface area is 484 Å². The Balaban J connectivity index is 5.04. The van der Waals surface area contributed by atoms with Gasteiger partial charge < -0.3 is 43.7 Å². The number of esters is 6. The molecule has 15 nitrogen and oxygen atoms in total. The lowest BCUT2D eigenvalue weighted by Crippen LogP contribution is -2.31. The van der Waals surface area contributed by atoms with Gasteiger partial charge in [0, 0.05) is 37.5 Å². The van der Waals surface area contributed by atoms with Gasteiger partial charge >= 0.3 is 35.8 Å². The minimum atomic E-state index is -0.962. The summed E-state index contributed by atoms with van der Waals surface area (Å²) in [5.74, 6) is -2.92. The summed E-state index contributed by atoms with van der Waals surface area (Å²) in [6.45, 7) is 16.4. The summed E-state index contributed by atoms with van der Waals surface area (Å²) < 4.78 is 33.2. The Morgan fingerprint density at radius 3 is 0.850 bits per heavy atom. The highest BCUT2D eigenvalue weighted by Crippen LogP contribution is 2.22. The molecule has 7 atom stereocenters. The summed E-state index contributed by atoms with van der Waals surface area (Å²) in [5.41, 5.74) is 0.